The third kappa shape index (κ3) is 7.09. The maximum Gasteiger partial charge on any atom is 0.129 e. The summed E-state index contributed by atoms with van der Waals surface area (Å²) in [5, 5.41) is 2.51. The molecule has 0 N–H and O–H groups in total. The fourth-order valence-corrected chi connectivity index (χ4v) is 9.19. The standard InChI is InChI=1S/C56H48N4S/c1-55(2,3)42-25-15-37(16-26-42)39-19-29-44(30-20-39)59(45-31-21-40(22-32-45)38-17-27-43(28-18-38)56(4,5)6)52-36-35-47(53-54(52)58-61-57-53)41-23-33-46(34-24-41)60-50-13-9-7-11-48(50)49-12-8-10-14-51(49)60/h7-36H,1-6H3. The summed E-state index contributed by atoms with van der Waals surface area (Å²) in [6.45, 7) is 13.5. The highest BCUT2D eigenvalue weighted by Gasteiger charge is 2.22. The molecule has 0 amide bonds. The Morgan fingerprint density at radius 2 is 0.820 bits per heavy atom. The lowest BCUT2D eigenvalue weighted by molar-refractivity contribution is 0.590. The van der Waals surface area contributed by atoms with E-state index in [0.29, 0.717) is 0 Å². The van der Waals surface area contributed by atoms with Crippen molar-refractivity contribution in [1.29, 1.82) is 0 Å². The summed E-state index contributed by atoms with van der Waals surface area (Å²) in [6, 6.07) is 66.3. The van der Waals surface area contributed by atoms with E-state index in [-0.39, 0.29) is 10.8 Å². The minimum atomic E-state index is 0.108. The second kappa shape index (κ2) is 15.0. The maximum absolute atomic E-state index is 4.97. The summed E-state index contributed by atoms with van der Waals surface area (Å²) < 4.78 is 12.3. The normalized spacial score (nSPS) is 12.1. The Hall–Kier alpha value is -6.82. The van der Waals surface area contributed by atoms with Crippen LogP contribution in [0.4, 0.5) is 17.1 Å². The molecular weight excluding hydrogens is 761 g/mol. The number of benzene rings is 8. The predicted molar refractivity (Wildman–Crippen MR) is 260 cm³/mol. The van der Waals surface area contributed by atoms with Gasteiger partial charge in [0.1, 0.15) is 11.0 Å². The van der Waals surface area contributed by atoms with Gasteiger partial charge >= 0.3 is 0 Å². The highest BCUT2D eigenvalue weighted by molar-refractivity contribution is 7.00. The lowest BCUT2D eigenvalue weighted by Gasteiger charge is -2.26. The second-order valence-electron chi connectivity index (χ2n) is 18.1. The number of rotatable bonds is 7. The smallest absolute Gasteiger partial charge is 0.129 e. The van der Waals surface area contributed by atoms with Gasteiger partial charge in [-0.1, -0.05) is 163 Å². The fourth-order valence-electron chi connectivity index (χ4n) is 8.62. The van der Waals surface area contributed by atoms with E-state index >= 15 is 0 Å². The highest BCUT2D eigenvalue weighted by atomic mass is 32.1. The van der Waals surface area contributed by atoms with Gasteiger partial charge in [-0.15, -0.1) is 0 Å². The molecule has 0 aliphatic heterocycles. The molecule has 61 heavy (non-hydrogen) atoms. The molecule has 0 saturated heterocycles. The minimum Gasteiger partial charge on any atom is -0.309 e. The lowest BCUT2D eigenvalue weighted by Crippen LogP contribution is -2.11. The first-order valence-electron chi connectivity index (χ1n) is 21.1. The van der Waals surface area contributed by atoms with Crippen LogP contribution >= 0.6 is 11.7 Å². The number of anilines is 3. The van der Waals surface area contributed by atoms with Crippen molar-refractivity contribution >= 4 is 61.6 Å². The van der Waals surface area contributed by atoms with E-state index in [1.165, 1.54) is 66.9 Å². The number of hydrogen-bond acceptors (Lipinski definition) is 4. The molecule has 2 aromatic heterocycles. The van der Waals surface area contributed by atoms with E-state index in [0.717, 1.165) is 44.9 Å². The van der Waals surface area contributed by atoms with Gasteiger partial charge < -0.3 is 9.47 Å². The van der Waals surface area contributed by atoms with Crippen LogP contribution in [0.5, 0.6) is 0 Å². The van der Waals surface area contributed by atoms with Crippen LogP contribution in [0.25, 0.3) is 71.9 Å². The first-order valence-corrected chi connectivity index (χ1v) is 21.8. The Balaban J connectivity index is 1.04. The van der Waals surface area contributed by atoms with Crippen molar-refractivity contribution < 1.29 is 0 Å². The van der Waals surface area contributed by atoms with Crippen LogP contribution in [-0.2, 0) is 10.8 Å². The van der Waals surface area contributed by atoms with Crippen LogP contribution in [-0.4, -0.2) is 13.3 Å². The zero-order chi connectivity index (χ0) is 41.9. The molecule has 0 spiro atoms. The van der Waals surface area contributed by atoms with E-state index in [2.05, 4.69) is 233 Å². The number of para-hydroxylation sites is 2. The Morgan fingerprint density at radius 3 is 1.28 bits per heavy atom. The van der Waals surface area contributed by atoms with E-state index in [1.54, 1.807) is 0 Å². The molecule has 0 bridgehead atoms. The Kier molecular flexibility index (Phi) is 9.45. The Morgan fingerprint density at radius 1 is 0.410 bits per heavy atom. The zero-order valence-electron chi connectivity index (χ0n) is 35.5. The van der Waals surface area contributed by atoms with E-state index < -0.39 is 0 Å². The average molecular weight is 809 g/mol. The van der Waals surface area contributed by atoms with Crippen molar-refractivity contribution in [3.05, 3.63) is 193 Å². The van der Waals surface area contributed by atoms with Crippen molar-refractivity contribution in [3.63, 3.8) is 0 Å². The molecule has 2 heterocycles. The molecule has 0 saturated carbocycles. The van der Waals surface area contributed by atoms with Crippen molar-refractivity contribution in [1.82, 2.24) is 13.3 Å². The van der Waals surface area contributed by atoms with Crippen LogP contribution in [0.15, 0.2) is 182 Å². The third-order valence-corrected chi connectivity index (χ3v) is 12.6. The number of fused-ring (bicyclic) bond motifs is 4. The van der Waals surface area contributed by atoms with Crippen LogP contribution in [0.1, 0.15) is 52.7 Å². The maximum atomic E-state index is 4.97. The van der Waals surface area contributed by atoms with Crippen molar-refractivity contribution in [3.8, 4) is 39.1 Å². The largest absolute Gasteiger partial charge is 0.309 e. The van der Waals surface area contributed by atoms with Crippen molar-refractivity contribution in [2.45, 2.75) is 52.4 Å². The van der Waals surface area contributed by atoms with Gasteiger partial charge in [-0.3, -0.25) is 0 Å². The molecule has 0 atom stereocenters. The molecule has 0 aliphatic rings. The fraction of sp³-hybridized carbons (Fsp3) is 0.143. The first-order chi connectivity index (χ1) is 29.5. The topological polar surface area (TPSA) is 34.0 Å². The van der Waals surface area contributed by atoms with Gasteiger partial charge in [-0.25, -0.2) is 0 Å². The van der Waals surface area contributed by atoms with Crippen LogP contribution < -0.4 is 4.90 Å². The van der Waals surface area contributed by atoms with Gasteiger partial charge in [-0.2, -0.15) is 8.75 Å². The van der Waals surface area contributed by atoms with Crippen LogP contribution in [0.3, 0.4) is 0 Å². The molecule has 0 fully saturated rings. The summed E-state index contributed by atoms with van der Waals surface area (Å²) in [6.07, 6.45) is 0. The third-order valence-electron chi connectivity index (χ3n) is 12.1. The van der Waals surface area contributed by atoms with Gasteiger partial charge in [0, 0.05) is 33.4 Å². The summed E-state index contributed by atoms with van der Waals surface area (Å²) in [5.41, 5.74) is 18.2. The molecule has 10 rings (SSSR count). The van der Waals surface area contributed by atoms with Crippen molar-refractivity contribution in [2.75, 3.05) is 4.90 Å². The molecular formula is C56H48N4S. The van der Waals surface area contributed by atoms with E-state index in [1.807, 2.05) is 0 Å². The molecule has 298 valence electrons. The van der Waals surface area contributed by atoms with E-state index in [4.69, 9.17) is 8.75 Å². The van der Waals surface area contributed by atoms with Gasteiger partial charge in [-0.05, 0) is 110 Å². The molecule has 8 aromatic carbocycles. The average Bonchev–Trinajstić information content (AvgIpc) is 3.91. The quantitative estimate of drug-likeness (QED) is 0.161. The zero-order valence-corrected chi connectivity index (χ0v) is 36.3. The van der Waals surface area contributed by atoms with Gasteiger partial charge in [0.05, 0.1) is 28.4 Å². The van der Waals surface area contributed by atoms with E-state index in [9.17, 15) is 0 Å². The summed E-state index contributed by atoms with van der Waals surface area (Å²) in [4.78, 5) is 2.32. The van der Waals surface area contributed by atoms with Crippen LogP contribution in [0.2, 0.25) is 0 Å². The van der Waals surface area contributed by atoms with Gasteiger partial charge in [0.2, 0.25) is 0 Å². The summed E-state index contributed by atoms with van der Waals surface area (Å²) in [7, 11) is 0. The lowest BCUT2D eigenvalue weighted by atomic mass is 9.86. The predicted octanol–water partition coefficient (Wildman–Crippen LogP) is 15.9. The number of aromatic nitrogens is 3. The summed E-state index contributed by atoms with van der Waals surface area (Å²) >= 11 is 1.26. The van der Waals surface area contributed by atoms with Gasteiger partial charge in [0.15, 0.2) is 0 Å². The second-order valence-corrected chi connectivity index (χ2v) is 18.6. The molecule has 10 aromatic rings. The molecule has 0 aliphatic carbocycles. The molecule has 0 unspecified atom stereocenters. The SMILES string of the molecule is CC(C)(C)c1ccc(-c2ccc(N(c3ccc(-c4ccc(C(C)(C)C)cc4)cc3)c3ccc(-c4ccc(-n5c6ccccc6c6ccccc65)cc4)c4nsnc34)cc2)cc1. The van der Waals surface area contributed by atoms with Crippen LogP contribution in [0, 0.1) is 0 Å². The summed E-state index contributed by atoms with van der Waals surface area (Å²) in [5.74, 6) is 0. The molecule has 0 radical (unpaired) electrons. The first kappa shape index (κ1) is 38.4. The molecule has 4 nitrogen and oxygen atoms in total. The number of nitrogens with zero attached hydrogens (tertiary/aromatic N) is 4. The monoisotopic (exact) mass is 808 g/mol. The highest BCUT2D eigenvalue weighted by Crippen LogP contribution is 2.43. The Labute approximate surface area is 362 Å². The number of hydrogen-bond donors (Lipinski definition) is 0. The van der Waals surface area contributed by atoms with Crippen molar-refractivity contribution in [2.24, 2.45) is 0 Å². The van der Waals surface area contributed by atoms with Gasteiger partial charge in [0.25, 0.3) is 0 Å². The molecule has 5 heteroatoms. The Bertz CT molecular complexity index is 3010. The minimum absolute atomic E-state index is 0.108.